The number of carboxylic acids is 1. The van der Waals surface area contributed by atoms with Gasteiger partial charge in [-0.3, -0.25) is 4.57 Å². The standard InChI is InChI=1S/C15H10F2N2O2/c1-8-18-12-4-2-3-10(15(20)21)14(12)19(8)13-6-5-9(16)7-11(13)17/h2-7H,1H3,(H,20,21). The second-order valence-corrected chi connectivity index (χ2v) is 4.57. The Morgan fingerprint density at radius 1 is 1.24 bits per heavy atom. The Kier molecular flexibility index (Phi) is 2.94. The maximum Gasteiger partial charge on any atom is 0.337 e. The van der Waals surface area contributed by atoms with E-state index in [9.17, 15) is 18.7 Å². The van der Waals surface area contributed by atoms with Crippen molar-refractivity contribution in [2.45, 2.75) is 6.92 Å². The summed E-state index contributed by atoms with van der Waals surface area (Å²) in [5.41, 5.74) is 0.797. The number of rotatable bonds is 2. The normalized spacial score (nSPS) is 11.0. The minimum atomic E-state index is -1.13. The molecule has 0 saturated carbocycles. The van der Waals surface area contributed by atoms with E-state index in [2.05, 4.69) is 4.98 Å². The summed E-state index contributed by atoms with van der Waals surface area (Å²) in [5, 5.41) is 9.28. The van der Waals surface area contributed by atoms with Crippen LogP contribution < -0.4 is 0 Å². The number of carboxylic acid groups (broad SMARTS) is 1. The Labute approximate surface area is 118 Å². The summed E-state index contributed by atoms with van der Waals surface area (Å²) in [6.45, 7) is 1.63. The quantitative estimate of drug-likeness (QED) is 0.787. The van der Waals surface area contributed by atoms with Gasteiger partial charge in [0.2, 0.25) is 0 Å². The van der Waals surface area contributed by atoms with E-state index in [1.54, 1.807) is 19.1 Å². The van der Waals surface area contributed by atoms with Crippen molar-refractivity contribution in [2.24, 2.45) is 0 Å². The van der Waals surface area contributed by atoms with Gasteiger partial charge in [-0.15, -0.1) is 0 Å². The number of carbonyl (C=O) groups is 1. The Bertz CT molecular complexity index is 871. The Morgan fingerprint density at radius 2 is 2.00 bits per heavy atom. The number of benzene rings is 2. The van der Waals surface area contributed by atoms with Crippen molar-refractivity contribution in [1.29, 1.82) is 0 Å². The van der Waals surface area contributed by atoms with Gasteiger partial charge in [-0.2, -0.15) is 0 Å². The van der Waals surface area contributed by atoms with Gasteiger partial charge < -0.3 is 5.11 Å². The van der Waals surface area contributed by atoms with Crippen LogP contribution in [0.4, 0.5) is 8.78 Å². The number of aryl methyl sites for hydroxylation is 1. The van der Waals surface area contributed by atoms with Gasteiger partial charge in [-0.25, -0.2) is 18.6 Å². The average Bonchev–Trinajstić information content (AvgIpc) is 2.74. The first kappa shape index (κ1) is 13.2. The van der Waals surface area contributed by atoms with Gasteiger partial charge in [0, 0.05) is 6.07 Å². The summed E-state index contributed by atoms with van der Waals surface area (Å²) >= 11 is 0. The molecule has 0 aliphatic rings. The molecule has 21 heavy (non-hydrogen) atoms. The molecule has 0 saturated heterocycles. The number of hydrogen-bond donors (Lipinski definition) is 1. The Morgan fingerprint density at radius 3 is 2.67 bits per heavy atom. The summed E-state index contributed by atoms with van der Waals surface area (Å²) in [6.07, 6.45) is 0. The number of halogens is 2. The van der Waals surface area contributed by atoms with Crippen LogP contribution in [0.15, 0.2) is 36.4 Å². The van der Waals surface area contributed by atoms with Crippen LogP contribution in [0, 0.1) is 18.6 Å². The van der Waals surface area contributed by atoms with Crippen molar-refractivity contribution in [1.82, 2.24) is 9.55 Å². The molecule has 0 atom stereocenters. The third-order valence-electron chi connectivity index (χ3n) is 3.23. The summed E-state index contributed by atoms with van der Waals surface area (Å²) in [5.74, 6) is -2.19. The molecule has 3 aromatic rings. The number of fused-ring (bicyclic) bond motifs is 1. The molecular formula is C15H10F2N2O2. The molecule has 3 rings (SSSR count). The van der Waals surface area contributed by atoms with E-state index in [-0.39, 0.29) is 16.8 Å². The van der Waals surface area contributed by atoms with Crippen molar-refractivity contribution < 1.29 is 18.7 Å². The number of aromatic nitrogens is 2. The van der Waals surface area contributed by atoms with Crippen LogP contribution in [0.2, 0.25) is 0 Å². The van der Waals surface area contributed by atoms with E-state index < -0.39 is 17.6 Å². The average molecular weight is 288 g/mol. The SMILES string of the molecule is Cc1nc2cccc(C(=O)O)c2n1-c1ccc(F)cc1F. The maximum absolute atomic E-state index is 14.0. The molecule has 0 unspecified atom stereocenters. The number of para-hydroxylation sites is 1. The first-order valence-corrected chi connectivity index (χ1v) is 6.16. The molecule has 1 N–H and O–H groups in total. The van der Waals surface area contributed by atoms with Gasteiger partial charge in [0.05, 0.1) is 22.3 Å². The zero-order valence-electron chi connectivity index (χ0n) is 11.0. The minimum Gasteiger partial charge on any atom is -0.478 e. The molecule has 1 aromatic heterocycles. The molecule has 2 aromatic carbocycles. The number of hydrogen-bond acceptors (Lipinski definition) is 2. The minimum absolute atomic E-state index is 0.0109. The molecule has 0 radical (unpaired) electrons. The molecule has 6 heteroatoms. The van der Waals surface area contributed by atoms with Gasteiger partial charge in [-0.1, -0.05) is 6.07 Å². The summed E-state index contributed by atoms with van der Waals surface area (Å²) in [4.78, 5) is 15.6. The molecule has 4 nitrogen and oxygen atoms in total. The largest absolute Gasteiger partial charge is 0.478 e. The Balaban J connectivity index is 2.41. The molecule has 0 spiro atoms. The van der Waals surface area contributed by atoms with Crippen molar-refractivity contribution in [3.05, 3.63) is 59.4 Å². The fourth-order valence-corrected chi connectivity index (χ4v) is 2.37. The van der Waals surface area contributed by atoms with Gasteiger partial charge in [0.25, 0.3) is 0 Å². The van der Waals surface area contributed by atoms with Crippen LogP contribution in [0.1, 0.15) is 16.2 Å². The molecule has 0 aliphatic heterocycles. The van der Waals surface area contributed by atoms with Crippen LogP contribution in [0.25, 0.3) is 16.7 Å². The topological polar surface area (TPSA) is 55.1 Å². The zero-order chi connectivity index (χ0) is 15.1. The smallest absolute Gasteiger partial charge is 0.337 e. The monoisotopic (exact) mass is 288 g/mol. The van der Waals surface area contributed by atoms with E-state index in [0.717, 1.165) is 12.1 Å². The fourth-order valence-electron chi connectivity index (χ4n) is 2.37. The number of aromatic carboxylic acids is 1. The zero-order valence-corrected chi connectivity index (χ0v) is 11.0. The lowest BCUT2D eigenvalue weighted by Gasteiger charge is -2.09. The molecule has 0 amide bonds. The van der Waals surface area contributed by atoms with Crippen molar-refractivity contribution in [3.63, 3.8) is 0 Å². The second-order valence-electron chi connectivity index (χ2n) is 4.57. The van der Waals surface area contributed by atoms with Gasteiger partial charge in [0.15, 0.2) is 0 Å². The van der Waals surface area contributed by atoms with E-state index >= 15 is 0 Å². The fraction of sp³-hybridized carbons (Fsp3) is 0.0667. The predicted molar refractivity (Wildman–Crippen MR) is 72.7 cm³/mol. The lowest BCUT2D eigenvalue weighted by atomic mass is 10.1. The van der Waals surface area contributed by atoms with Crippen molar-refractivity contribution >= 4 is 17.0 Å². The predicted octanol–water partition coefficient (Wildman–Crippen LogP) is 3.31. The number of nitrogens with zero attached hydrogens (tertiary/aromatic N) is 2. The highest BCUT2D eigenvalue weighted by Crippen LogP contribution is 2.26. The second kappa shape index (κ2) is 4.66. The van der Waals surface area contributed by atoms with E-state index in [0.29, 0.717) is 11.3 Å². The molecular weight excluding hydrogens is 278 g/mol. The molecule has 0 fully saturated rings. The molecule has 106 valence electrons. The first-order chi connectivity index (χ1) is 9.99. The molecule has 0 aliphatic carbocycles. The Hall–Kier alpha value is -2.76. The highest BCUT2D eigenvalue weighted by atomic mass is 19.1. The van der Waals surface area contributed by atoms with E-state index in [1.165, 1.54) is 16.7 Å². The van der Waals surface area contributed by atoms with Crippen LogP contribution in [-0.4, -0.2) is 20.6 Å². The van der Waals surface area contributed by atoms with E-state index in [1.807, 2.05) is 0 Å². The van der Waals surface area contributed by atoms with E-state index in [4.69, 9.17) is 0 Å². The van der Waals surface area contributed by atoms with Gasteiger partial charge in [-0.05, 0) is 31.2 Å². The van der Waals surface area contributed by atoms with Crippen LogP contribution in [-0.2, 0) is 0 Å². The number of imidazole rings is 1. The first-order valence-electron chi connectivity index (χ1n) is 6.16. The summed E-state index contributed by atoms with van der Waals surface area (Å²) in [6, 6.07) is 7.77. The van der Waals surface area contributed by atoms with Gasteiger partial charge in [0.1, 0.15) is 17.5 Å². The summed E-state index contributed by atoms with van der Waals surface area (Å²) < 4.78 is 28.5. The maximum atomic E-state index is 14.0. The van der Waals surface area contributed by atoms with Crippen molar-refractivity contribution in [2.75, 3.05) is 0 Å². The molecule has 1 heterocycles. The molecule has 0 bridgehead atoms. The lowest BCUT2D eigenvalue weighted by Crippen LogP contribution is -2.05. The van der Waals surface area contributed by atoms with Crippen LogP contribution in [0.5, 0.6) is 0 Å². The van der Waals surface area contributed by atoms with Crippen LogP contribution in [0.3, 0.4) is 0 Å². The van der Waals surface area contributed by atoms with Crippen LogP contribution >= 0.6 is 0 Å². The van der Waals surface area contributed by atoms with Crippen molar-refractivity contribution in [3.8, 4) is 5.69 Å². The lowest BCUT2D eigenvalue weighted by molar-refractivity contribution is 0.0698. The third kappa shape index (κ3) is 2.05. The summed E-state index contributed by atoms with van der Waals surface area (Å²) in [7, 11) is 0. The third-order valence-corrected chi connectivity index (χ3v) is 3.23. The highest BCUT2D eigenvalue weighted by Gasteiger charge is 2.18. The van der Waals surface area contributed by atoms with Gasteiger partial charge >= 0.3 is 5.97 Å². The highest BCUT2D eigenvalue weighted by molar-refractivity contribution is 6.01.